The molecular weight excluding hydrogens is 289 g/mol. The number of methoxy groups -OCH3 is 1. The summed E-state index contributed by atoms with van der Waals surface area (Å²) in [5.74, 6) is 1.29. The maximum Gasteiger partial charge on any atom is 0.408 e. The van der Waals surface area contributed by atoms with Crippen LogP contribution < -0.4 is 10.1 Å². The minimum atomic E-state index is -0.723. The lowest BCUT2D eigenvalue weighted by Gasteiger charge is -2.19. The molecule has 1 aromatic heterocycles. The van der Waals surface area contributed by atoms with Gasteiger partial charge in [0, 0.05) is 19.4 Å². The molecule has 0 aliphatic heterocycles. The number of benzene rings is 1. The van der Waals surface area contributed by atoms with Crippen molar-refractivity contribution in [3.8, 4) is 5.75 Å². The minimum absolute atomic E-state index is 0.281. The highest BCUT2D eigenvalue weighted by molar-refractivity contribution is 5.68. The number of imidazole rings is 1. The molecule has 0 aliphatic rings. The minimum Gasteiger partial charge on any atom is -0.497 e. The molecule has 1 N–H and O–H groups in total. The van der Waals surface area contributed by atoms with E-state index in [1.165, 1.54) is 0 Å². The number of amides is 1. The number of ether oxygens (including phenoxy) is 2. The molecule has 0 bridgehead atoms. The van der Waals surface area contributed by atoms with E-state index in [1.54, 1.807) is 36.2 Å². The van der Waals surface area contributed by atoms with Gasteiger partial charge in [-0.05, 0) is 17.7 Å². The summed E-state index contributed by atoms with van der Waals surface area (Å²) in [6, 6.07) is 6.74. The van der Waals surface area contributed by atoms with Gasteiger partial charge in [0.05, 0.1) is 7.11 Å². The Kier molecular flexibility index (Phi) is 5.35. The molecule has 1 amide bonds. The zero-order valence-corrected chi connectivity index (χ0v) is 12.5. The largest absolute Gasteiger partial charge is 0.497 e. The van der Waals surface area contributed by atoms with E-state index in [0.29, 0.717) is 11.6 Å². The normalized spacial score (nSPS) is 11.8. The predicted molar refractivity (Wildman–Crippen MR) is 78.5 cm³/mol. The number of aromatic nitrogens is 2. The molecule has 6 nitrogen and oxygen atoms in total. The van der Waals surface area contributed by atoms with Gasteiger partial charge < -0.3 is 19.4 Å². The van der Waals surface area contributed by atoms with Crippen molar-refractivity contribution in [2.45, 2.75) is 6.04 Å². The SMILES string of the molecule is COc1cccc(C(NC(=O)OCCF)c2nccn2C)c1. The fourth-order valence-electron chi connectivity index (χ4n) is 2.06. The molecule has 0 fully saturated rings. The summed E-state index contributed by atoms with van der Waals surface area (Å²) < 4.78 is 23.8. The first-order chi connectivity index (χ1) is 10.7. The summed E-state index contributed by atoms with van der Waals surface area (Å²) in [4.78, 5) is 16.0. The molecule has 2 aromatic rings. The average molecular weight is 307 g/mol. The lowest BCUT2D eigenvalue weighted by Crippen LogP contribution is -2.32. The summed E-state index contributed by atoms with van der Waals surface area (Å²) >= 11 is 0. The Bertz CT molecular complexity index is 630. The zero-order valence-electron chi connectivity index (χ0n) is 12.5. The van der Waals surface area contributed by atoms with Crippen LogP contribution in [-0.2, 0) is 11.8 Å². The molecule has 1 unspecified atom stereocenters. The molecule has 0 saturated heterocycles. The van der Waals surface area contributed by atoms with Gasteiger partial charge in [0.15, 0.2) is 0 Å². The van der Waals surface area contributed by atoms with Crippen molar-refractivity contribution in [2.75, 3.05) is 20.4 Å². The number of aryl methyl sites for hydroxylation is 1. The van der Waals surface area contributed by atoms with E-state index < -0.39 is 18.8 Å². The van der Waals surface area contributed by atoms with Crippen molar-refractivity contribution >= 4 is 6.09 Å². The molecule has 0 saturated carbocycles. The maximum absolute atomic E-state index is 12.1. The van der Waals surface area contributed by atoms with Crippen LogP contribution in [0.3, 0.4) is 0 Å². The number of nitrogens with one attached hydrogen (secondary N) is 1. The second-order valence-corrected chi connectivity index (χ2v) is 4.58. The van der Waals surface area contributed by atoms with Gasteiger partial charge in [-0.1, -0.05) is 12.1 Å². The number of carbonyl (C=O) groups is 1. The third kappa shape index (κ3) is 3.75. The number of hydrogen-bond donors (Lipinski definition) is 1. The third-order valence-electron chi connectivity index (χ3n) is 3.12. The van der Waals surface area contributed by atoms with Gasteiger partial charge in [-0.2, -0.15) is 0 Å². The van der Waals surface area contributed by atoms with Crippen LogP contribution in [0.4, 0.5) is 9.18 Å². The summed E-state index contributed by atoms with van der Waals surface area (Å²) in [5, 5.41) is 2.70. The highest BCUT2D eigenvalue weighted by atomic mass is 19.1. The molecule has 0 spiro atoms. The van der Waals surface area contributed by atoms with Crippen molar-refractivity contribution < 1.29 is 18.7 Å². The Morgan fingerprint density at radius 2 is 2.32 bits per heavy atom. The number of alkyl halides is 1. The van der Waals surface area contributed by atoms with Crippen molar-refractivity contribution in [1.29, 1.82) is 0 Å². The number of nitrogens with zero attached hydrogens (tertiary/aromatic N) is 2. The summed E-state index contributed by atoms with van der Waals surface area (Å²) in [5.41, 5.74) is 0.783. The molecular formula is C15H18FN3O3. The van der Waals surface area contributed by atoms with Gasteiger partial charge >= 0.3 is 6.09 Å². The van der Waals surface area contributed by atoms with Gasteiger partial charge in [-0.3, -0.25) is 0 Å². The first-order valence-corrected chi connectivity index (χ1v) is 6.76. The smallest absolute Gasteiger partial charge is 0.408 e. The van der Waals surface area contributed by atoms with Crippen LogP contribution in [0.2, 0.25) is 0 Å². The maximum atomic E-state index is 12.1. The predicted octanol–water partition coefficient (Wildman–Crippen LogP) is 2.21. The van der Waals surface area contributed by atoms with E-state index in [-0.39, 0.29) is 6.61 Å². The first-order valence-electron chi connectivity index (χ1n) is 6.76. The van der Waals surface area contributed by atoms with Crippen LogP contribution in [0.5, 0.6) is 5.75 Å². The molecule has 1 atom stereocenters. The Hall–Kier alpha value is -2.57. The van der Waals surface area contributed by atoms with Crippen LogP contribution in [0.1, 0.15) is 17.4 Å². The molecule has 1 aromatic carbocycles. The molecule has 2 rings (SSSR count). The Labute approximate surface area is 127 Å². The van der Waals surface area contributed by atoms with Crippen LogP contribution in [0.15, 0.2) is 36.7 Å². The van der Waals surface area contributed by atoms with E-state index in [0.717, 1.165) is 5.56 Å². The van der Waals surface area contributed by atoms with E-state index in [9.17, 15) is 9.18 Å². The molecule has 7 heteroatoms. The highest BCUT2D eigenvalue weighted by Gasteiger charge is 2.21. The third-order valence-corrected chi connectivity index (χ3v) is 3.12. The van der Waals surface area contributed by atoms with Gasteiger partial charge in [-0.25, -0.2) is 14.2 Å². The van der Waals surface area contributed by atoms with Gasteiger partial charge in [-0.15, -0.1) is 0 Å². The topological polar surface area (TPSA) is 65.4 Å². The quantitative estimate of drug-likeness (QED) is 0.888. The fraction of sp³-hybridized carbons (Fsp3) is 0.333. The van der Waals surface area contributed by atoms with Crippen LogP contribution >= 0.6 is 0 Å². The Balaban J connectivity index is 2.29. The van der Waals surface area contributed by atoms with Crippen LogP contribution in [0.25, 0.3) is 0 Å². The molecule has 0 aliphatic carbocycles. The lowest BCUT2D eigenvalue weighted by molar-refractivity contribution is 0.135. The number of halogens is 1. The second kappa shape index (κ2) is 7.44. The number of hydrogen-bond acceptors (Lipinski definition) is 4. The van der Waals surface area contributed by atoms with Gasteiger partial charge in [0.1, 0.15) is 30.9 Å². The number of alkyl carbamates (subject to hydrolysis) is 1. The molecule has 118 valence electrons. The fourth-order valence-corrected chi connectivity index (χ4v) is 2.06. The zero-order chi connectivity index (χ0) is 15.9. The monoisotopic (exact) mass is 307 g/mol. The average Bonchev–Trinajstić information content (AvgIpc) is 2.96. The highest BCUT2D eigenvalue weighted by Crippen LogP contribution is 2.24. The van der Waals surface area contributed by atoms with E-state index in [1.807, 2.05) is 19.2 Å². The van der Waals surface area contributed by atoms with Crippen molar-refractivity contribution in [2.24, 2.45) is 7.05 Å². The van der Waals surface area contributed by atoms with Gasteiger partial charge in [0.2, 0.25) is 0 Å². The standard InChI is InChI=1S/C15H18FN3O3/c1-19-8-7-17-14(19)13(18-15(20)22-9-6-16)11-4-3-5-12(10-11)21-2/h3-5,7-8,10,13H,6,9H2,1-2H3,(H,18,20). The van der Waals surface area contributed by atoms with Gasteiger partial charge in [0.25, 0.3) is 0 Å². The van der Waals surface area contributed by atoms with E-state index >= 15 is 0 Å². The first kappa shape index (κ1) is 15.8. The van der Waals surface area contributed by atoms with Crippen LogP contribution in [0, 0.1) is 0 Å². The lowest BCUT2D eigenvalue weighted by atomic mass is 10.1. The van der Waals surface area contributed by atoms with E-state index in [2.05, 4.69) is 10.3 Å². The summed E-state index contributed by atoms with van der Waals surface area (Å²) in [6.45, 7) is -1.00. The second-order valence-electron chi connectivity index (χ2n) is 4.58. The number of carbonyl (C=O) groups excluding carboxylic acids is 1. The number of rotatable bonds is 6. The van der Waals surface area contributed by atoms with E-state index in [4.69, 9.17) is 9.47 Å². The molecule has 22 heavy (non-hydrogen) atoms. The molecule has 1 heterocycles. The summed E-state index contributed by atoms with van der Waals surface area (Å²) in [6.07, 6.45) is 2.71. The van der Waals surface area contributed by atoms with Crippen LogP contribution in [-0.4, -0.2) is 36.0 Å². The summed E-state index contributed by atoms with van der Waals surface area (Å²) in [7, 11) is 3.39. The van der Waals surface area contributed by atoms with Crippen molar-refractivity contribution in [3.63, 3.8) is 0 Å². The molecule has 0 radical (unpaired) electrons. The Morgan fingerprint density at radius 3 is 2.95 bits per heavy atom. The van der Waals surface area contributed by atoms with Crippen molar-refractivity contribution in [1.82, 2.24) is 14.9 Å². The van der Waals surface area contributed by atoms with Crippen molar-refractivity contribution in [3.05, 3.63) is 48.0 Å². The Morgan fingerprint density at radius 1 is 1.50 bits per heavy atom.